The van der Waals surface area contributed by atoms with E-state index in [2.05, 4.69) is 99.6 Å². The Hall–Kier alpha value is -2.60. The first-order chi connectivity index (χ1) is 13.7. The van der Waals surface area contributed by atoms with Crippen LogP contribution in [0.4, 0.5) is 0 Å². The van der Waals surface area contributed by atoms with Crippen LogP contribution in [0, 0.1) is 5.92 Å². The normalized spacial score (nSPS) is 25.0. The van der Waals surface area contributed by atoms with Crippen molar-refractivity contribution < 1.29 is 0 Å². The maximum absolute atomic E-state index is 2.49. The van der Waals surface area contributed by atoms with Gasteiger partial charge in [-0.15, -0.1) is 0 Å². The molecule has 0 radical (unpaired) electrons. The van der Waals surface area contributed by atoms with E-state index in [4.69, 9.17) is 0 Å². The van der Waals surface area contributed by atoms with Crippen LogP contribution in [-0.2, 0) is 0 Å². The lowest BCUT2D eigenvalue weighted by Gasteiger charge is -2.31. The highest BCUT2D eigenvalue weighted by Crippen LogP contribution is 2.42. The van der Waals surface area contributed by atoms with Crippen molar-refractivity contribution in [3.63, 3.8) is 0 Å². The van der Waals surface area contributed by atoms with Gasteiger partial charge in [-0.25, -0.2) is 0 Å². The molecule has 1 aliphatic rings. The zero-order valence-corrected chi connectivity index (χ0v) is 17.3. The molecule has 0 aromatic heterocycles. The van der Waals surface area contributed by atoms with Gasteiger partial charge in [-0.05, 0) is 72.4 Å². The molecule has 0 N–H and O–H groups in total. The number of fused-ring (bicyclic) bond motifs is 1. The Kier molecular flexibility index (Phi) is 5.48. The van der Waals surface area contributed by atoms with Gasteiger partial charge < -0.3 is 0 Å². The largest absolute Gasteiger partial charge is 0.0690 e. The second-order valence-corrected chi connectivity index (χ2v) is 8.18. The summed E-state index contributed by atoms with van der Waals surface area (Å²) < 4.78 is 0. The van der Waals surface area contributed by atoms with Gasteiger partial charge in [-0.1, -0.05) is 96.9 Å². The minimum absolute atomic E-state index is 0.598. The Labute approximate surface area is 169 Å². The first-order valence-corrected chi connectivity index (χ1v) is 10.6. The van der Waals surface area contributed by atoms with Crippen molar-refractivity contribution in [3.05, 3.63) is 101 Å². The average Bonchev–Trinajstić information content (AvgIpc) is 2.74. The third-order valence-electron chi connectivity index (χ3n) is 6.48. The third kappa shape index (κ3) is 3.56. The van der Waals surface area contributed by atoms with E-state index in [0.717, 1.165) is 6.42 Å². The van der Waals surface area contributed by atoms with E-state index in [9.17, 15) is 0 Å². The summed E-state index contributed by atoms with van der Waals surface area (Å²) >= 11 is 0. The summed E-state index contributed by atoms with van der Waals surface area (Å²) in [7, 11) is 0. The average molecular weight is 367 g/mol. The molecule has 0 heterocycles. The fraction of sp³-hybridized carbons (Fsp3) is 0.286. The van der Waals surface area contributed by atoms with Crippen LogP contribution in [0.2, 0.25) is 0 Å². The Balaban J connectivity index is 1.81. The maximum Gasteiger partial charge on any atom is -0.00934 e. The number of rotatable bonds is 3. The summed E-state index contributed by atoms with van der Waals surface area (Å²) in [6, 6.07) is 26.6. The van der Waals surface area contributed by atoms with E-state index in [1.165, 1.54) is 51.5 Å². The quantitative estimate of drug-likeness (QED) is 0.438. The predicted molar refractivity (Wildman–Crippen MR) is 122 cm³/mol. The van der Waals surface area contributed by atoms with E-state index in [0.29, 0.717) is 11.8 Å². The molecule has 28 heavy (non-hydrogen) atoms. The van der Waals surface area contributed by atoms with Gasteiger partial charge >= 0.3 is 0 Å². The fourth-order valence-corrected chi connectivity index (χ4v) is 4.96. The van der Waals surface area contributed by atoms with Gasteiger partial charge in [0, 0.05) is 0 Å². The molecule has 0 nitrogen and oxygen atoms in total. The summed E-state index contributed by atoms with van der Waals surface area (Å²) in [6.07, 6.45) is 6.04. The van der Waals surface area contributed by atoms with Crippen LogP contribution in [0.5, 0.6) is 0 Å². The number of allylic oxidation sites excluding steroid dienone is 4. The Morgan fingerprint density at radius 2 is 1.54 bits per heavy atom. The SMILES string of the molecule is CCC1/C(C)=C\C(c2cccc3ccccc23)=C(/C)CCC1c1ccccc1. The highest BCUT2D eigenvalue weighted by molar-refractivity contribution is 5.97. The van der Waals surface area contributed by atoms with Gasteiger partial charge in [0.05, 0.1) is 0 Å². The highest BCUT2D eigenvalue weighted by Gasteiger charge is 2.25. The van der Waals surface area contributed by atoms with Crippen LogP contribution in [0.25, 0.3) is 16.3 Å². The molecule has 0 saturated heterocycles. The Morgan fingerprint density at radius 1 is 0.821 bits per heavy atom. The Morgan fingerprint density at radius 3 is 2.32 bits per heavy atom. The Bertz CT molecular complexity index is 1010. The molecule has 0 spiro atoms. The van der Waals surface area contributed by atoms with Crippen molar-refractivity contribution >= 4 is 16.3 Å². The summed E-state index contributed by atoms with van der Waals surface area (Å²) in [5.74, 6) is 1.20. The molecule has 2 atom stereocenters. The topological polar surface area (TPSA) is 0 Å². The lowest BCUT2D eigenvalue weighted by molar-refractivity contribution is 0.441. The molecule has 142 valence electrons. The number of benzene rings is 3. The van der Waals surface area contributed by atoms with Crippen molar-refractivity contribution in [3.8, 4) is 0 Å². The standard InChI is InChI=1S/C28H30/c1-4-24-21(3)19-28(27-16-10-14-23-13-8-9-15-25(23)27)20(2)17-18-26(24)22-11-6-5-7-12-22/h5-16,19,24,26H,4,17-18H2,1-3H3/b21-19-,28-20-. The van der Waals surface area contributed by atoms with Crippen LogP contribution in [0.3, 0.4) is 0 Å². The molecule has 4 rings (SSSR count). The van der Waals surface area contributed by atoms with E-state index in [1.807, 2.05) is 0 Å². The number of hydrogen-bond acceptors (Lipinski definition) is 0. The monoisotopic (exact) mass is 366 g/mol. The first-order valence-electron chi connectivity index (χ1n) is 10.6. The molecule has 3 aromatic carbocycles. The highest BCUT2D eigenvalue weighted by atomic mass is 14.3. The van der Waals surface area contributed by atoms with Crippen molar-refractivity contribution in [2.45, 2.75) is 46.0 Å². The van der Waals surface area contributed by atoms with Crippen molar-refractivity contribution in [2.75, 3.05) is 0 Å². The molecule has 1 aliphatic carbocycles. The molecule has 0 amide bonds. The molecular formula is C28H30. The molecule has 0 aliphatic heterocycles. The van der Waals surface area contributed by atoms with Crippen LogP contribution < -0.4 is 0 Å². The summed E-state index contributed by atoms with van der Waals surface area (Å²) in [5, 5.41) is 2.68. The van der Waals surface area contributed by atoms with Crippen molar-refractivity contribution in [1.82, 2.24) is 0 Å². The van der Waals surface area contributed by atoms with Crippen molar-refractivity contribution in [1.29, 1.82) is 0 Å². The van der Waals surface area contributed by atoms with Gasteiger partial charge in [0.2, 0.25) is 0 Å². The molecular weight excluding hydrogens is 336 g/mol. The fourth-order valence-electron chi connectivity index (χ4n) is 4.96. The predicted octanol–water partition coefficient (Wildman–Crippen LogP) is 8.16. The van der Waals surface area contributed by atoms with Gasteiger partial charge in [0.1, 0.15) is 0 Å². The molecule has 0 bridgehead atoms. The molecule has 0 fully saturated rings. The van der Waals surface area contributed by atoms with Gasteiger partial charge in [0.15, 0.2) is 0 Å². The number of hydrogen-bond donors (Lipinski definition) is 0. The van der Waals surface area contributed by atoms with E-state index in [-0.39, 0.29) is 0 Å². The van der Waals surface area contributed by atoms with Crippen LogP contribution in [0.1, 0.15) is 57.1 Å². The molecule has 0 saturated carbocycles. The smallest absolute Gasteiger partial charge is 0.00934 e. The molecule has 0 heteroatoms. The lowest BCUT2D eigenvalue weighted by atomic mass is 9.74. The second kappa shape index (κ2) is 8.19. The van der Waals surface area contributed by atoms with Gasteiger partial charge in [-0.3, -0.25) is 0 Å². The second-order valence-electron chi connectivity index (χ2n) is 8.18. The maximum atomic E-state index is 2.49. The zero-order chi connectivity index (χ0) is 19.5. The lowest BCUT2D eigenvalue weighted by Crippen LogP contribution is -2.16. The van der Waals surface area contributed by atoms with Gasteiger partial charge in [-0.2, -0.15) is 0 Å². The van der Waals surface area contributed by atoms with Crippen LogP contribution in [-0.4, -0.2) is 0 Å². The summed E-state index contributed by atoms with van der Waals surface area (Å²) in [5.41, 5.74) is 7.32. The summed E-state index contributed by atoms with van der Waals surface area (Å²) in [6.45, 7) is 7.01. The van der Waals surface area contributed by atoms with Gasteiger partial charge in [0.25, 0.3) is 0 Å². The first kappa shape index (κ1) is 18.7. The molecule has 3 aromatic rings. The zero-order valence-electron chi connectivity index (χ0n) is 17.3. The van der Waals surface area contributed by atoms with E-state index < -0.39 is 0 Å². The molecule has 2 unspecified atom stereocenters. The van der Waals surface area contributed by atoms with Crippen molar-refractivity contribution in [2.24, 2.45) is 5.92 Å². The minimum Gasteiger partial charge on any atom is -0.0690 e. The third-order valence-corrected chi connectivity index (χ3v) is 6.48. The summed E-state index contributed by atoms with van der Waals surface area (Å²) in [4.78, 5) is 0. The van der Waals surface area contributed by atoms with Crippen LogP contribution in [0.15, 0.2) is 90.0 Å². The van der Waals surface area contributed by atoms with E-state index in [1.54, 1.807) is 0 Å². The minimum atomic E-state index is 0.598. The van der Waals surface area contributed by atoms with Crippen LogP contribution >= 0.6 is 0 Å². The van der Waals surface area contributed by atoms with E-state index >= 15 is 0 Å².